The second-order valence-corrected chi connectivity index (χ2v) is 9.72. The fourth-order valence-electron chi connectivity index (χ4n) is 4.69. The summed E-state index contributed by atoms with van der Waals surface area (Å²) in [5, 5.41) is 2.98. The van der Waals surface area contributed by atoms with Gasteiger partial charge in [-0.2, -0.15) is 0 Å². The van der Waals surface area contributed by atoms with Gasteiger partial charge in [-0.15, -0.1) is 0 Å². The van der Waals surface area contributed by atoms with E-state index >= 15 is 0 Å². The highest BCUT2D eigenvalue weighted by Gasteiger charge is 2.38. The molecule has 0 spiro atoms. The summed E-state index contributed by atoms with van der Waals surface area (Å²) >= 11 is 1.47. The van der Waals surface area contributed by atoms with Crippen LogP contribution < -0.4 is 4.74 Å². The number of hydrogen-bond donors (Lipinski definition) is 0. The van der Waals surface area contributed by atoms with Gasteiger partial charge in [0.05, 0.1) is 17.7 Å². The SMILES string of the molecule is COc1ccc2ccccc2c1/C=C1/SC(=Nc2ccc(C)cc2)N(C2CCCCC2)C1=O. The van der Waals surface area contributed by atoms with Gasteiger partial charge in [0.25, 0.3) is 5.91 Å². The summed E-state index contributed by atoms with van der Waals surface area (Å²) in [6.45, 7) is 2.07. The fourth-order valence-corrected chi connectivity index (χ4v) is 5.73. The van der Waals surface area contributed by atoms with Crippen LogP contribution in [0.2, 0.25) is 0 Å². The van der Waals surface area contributed by atoms with Crippen LogP contribution in [0.4, 0.5) is 5.69 Å². The number of fused-ring (bicyclic) bond motifs is 1. The number of methoxy groups -OCH3 is 1. The van der Waals surface area contributed by atoms with E-state index in [4.69, 9.17) is 9.73 Å². The summed E-state index contributed by atoms with van der Waals surface area (Å²) in [6, 6.07) is 20.6. The average molecular weight is 457 g/mol. The minimum atomic E-state index is 0.0488. The third-order valence-corrected chi connectivity index (χ3v) is 7.44. The number of carbonyl (C=O) groups is 1. The summed E-state index contributed by atoms with van der Waals surface area (Å²) in [6.07, 6.45) is 7.61. The third-order valence-electron chi connectivity index (χ3n) is 6.46. The summed E-state index contributed by atoms with van der Waals surface area (Å²) in [4.78, 5) is 21.3. The molecule has 1 saturated carbocycles. The number of amides is 1. The Kier molecular flexibility index (Phi) is 6.23. The smallest absolute Gasteiger partial charge is 0.267 e. The molecule has 0 N–H and O–H groups in total. The minimum Gasteiger partial charge on any atom is -0.496 e. The molecule has 1 amide bonds. The van der Waals surface area contributed by atoms with E-state index < -0.39 is 0 Å². The highest BCUT2D eigenvalue weighted by molar-refractivity contribution is 8.18. The van der Waals surface area contributed by atoms with Gasteiger partial charge in [-0.3, -0.25) is 9.69 Å². The van der Waals surface area contributed by atoms with Gasteiger partial charge < -0.3 is 4.74 Å². The van der Waals surface area contributed by atoms with Crippen LogP contribution in [0.3, 0.4) is 0 Å². The van der Waals surface area contributed by atoms with E-state index in [0.29, 0.717) is 4.91 Å². The zero-order valence-electron chi connectivity index (χ0n) is 19.1. The predicted octanol–water partition coefficient (Wildman–Crippen LogP) is 7.09. The van der Waals surface area contributed by atoms with Gasteiger partial charge in [0.2, 0.25) is 0 Å². The molecule has 1 heterocycles. The standard InChI is InChI=1S/C28H28N2O2S/c1-19-12-15-21(16-13-19)29-28-30(22-9-4-3-5-10-22)27(31)26(33-28)18-24-23-11-7-6-8-20(23)14-17-25(24)32-2/h6-8,11-18,22H,3-5,9-10H2,1-2H3/b26-18+,29-28?. The molecule has 168 valence electrons. The number of amidine groups is 1. The zero-order valence-corrected chi connectivity index (χ0v) is 19.9. The van der Waals surface area contributed by atoms with E-state index in [1.807, 2.05) is 41.3 Å². The molecular weight excluding hydrogens is 428 g/mol. The van der Waals surface area contributed by atoms with Gasteiger partial charge in [0.1, 0.15) is 5.75 Å². The molecule has 3 aromatic carbocycles. The molecule has 1 aliphatic heterocycles. The van der Waals surface area contributed by atoms with Crippen LogP contribution in [0.5, 0.6) is 5.75 Å². The predicted molar refractivity (Wildman–Crippen MR) is 138 cm³/mol. The number of carbonyl (C=O) groups excluding carboxylic acids is 1. The van der Waals surface area contributed by atoms with Crippen molar-refractivity contribution < 1.29 is 9.53 Å². The van der Waals surface area contributed by atoms with Gasteiger partial charge in [-0.25, -0.2) is 4.99 Å². The third kappa shape index (κ3) is 4.42. The maximum atomic E-state index is 13.7. The molecule has 0 atom stereocenters. The first-order valence-corrected chi connectivity index (χ1v) is 12.4. The topological polar surface area (TPSA) is 41.9 Å². The maximum absolute atomic E-state index is 13.7. The van der Waals surface area contributed by atoms with Crippen LogP contribution in [0.25, 0.3) is 16.8 Å². The van der Waals surface area contributed by atoms with Crippen molar-refractivity contribution in [1.82, 2.24) is 4.90 Å². The van der Waals surface area contributed by atoms with Gasteiger partial charge >= 0.3 is 0 Å². The Hall–Kier alpha value is -3.05. The molecule has 1 aliphatic carbocycles. The van der Waals surface area contributed by atoms with E-state index in [0.717, 1.165) is 58.6 Å². The molecule has 33 heavy (non-hydrogen) atoms. The minimum absolute atomic E-state index is 0.0488. The number of rotatable bonds is 4. The normalized spacial score (nSPS) is 19.7. The zero-order chi connectivity index (χ0) is 22.8. The number of aliphatic imine (C=N–C) groups is 1. The second kappa shape index (κ2) is 9.44. The number of nitrogens with zero attached hydrogens (tertiary/aromatic N) is 2. The molecule has 4 nitrogen and oxygen atoms in total. The second-order valence-electron chi connectivity index (χ2n) is 8.71. The highest BCUT2D eigenvalue weighted by Crippen LogP contribution is 2.40. The Morgan fingerprint density at radius 1 is 1.00 bits per heavy atom. The lowest BCUT2D eigenvalue weighted by atomic mass is 9.94. The van der Waals surface area contributed by atoms with Crippen LogP contribution >= 0.6 is 11.8 Å². The lowest BCUT2D eigenvalue weighted by Crippen LogP contribution is -2.40. The van der Waals surface area contributed by atoms with Crippen molar-refractivity contribution in [3.8, 4) is 5.75 Å². The van der Waals surface area contributed by atoms with Gasteiger partial charge in [0, 0.05) is 11.6 Å². The van der Waals surface area contributed by atoms with Crippen LogP contribution in [-0.2, 0) is 4.79 Å². The van der Waals surface area contributed by atoms with Crippen molar-refractivity contribution in [3.05, 3.63) is 76.7 Å². The van der Waals surface area contributed by atoms with E-state index in [1.54, 1.807) is 7.11 Å². The van der Waals surface area contributed by atoms with Crippen molar-refractivity contribution >= 4 is 45.4 Å². The first-order valence-electron chi connectivity index (χ1n) is 11.6. The number of thioether (sulfide) groups is 1. The Labute approximate surface area is 199 Å². The Morgan fingerprint density at radius 3 is 2.52 bits per heavy atom. The first kappa shape index (κ1) is 21.8. The fraction of sp³-hybridized carbons (Fsp3) is 0.286. The van der Waals surface area contributed by atoms with E-state index in [2.05, 4.69) is 37.3 Å². The first-order chi connectivity index (χ1) is 16.1. The Bertz CT molecular complexity index is 1240. The van der Waals surface area contributed by atoms with E-state index in [1.165, 1.54) is 23.7 Å². The number of hydrogen-bond acceptors (Lipinski definition) is 4. The Morgan fingerprint density at radius 2 is 1.76 bits per heavy atom. The lowest BCUT2D eigenvalue weighted by molar-refractivity contribution is -0.124. The molecule has 5 rings (SSSR count). The van der Waals surface area contributed by atoms with Gasteiger partial charge in [0.15, 0.2) is 5.17 Å². The monoisotopic (exact) mass is 456 g/mol. The van der Waals surface area contributed by atoms with Crippen molar-refractivity contribution in [2.45, 2.75) is 45.1 Å². The van der Waals surface area contributed by atoms with Crippen LogP contribution in [0.1, 0.15) is 43.2 Å². The summed E-state index contributed by atoms with van der Waals surface area (Å²) < 4.78 is 5.67. The van der Waals surface area contributed by atoms with Gasteiger partial charge in [-0.05, 0) is 66.6 Å². The molecule has 5 heteroatoms. The van der Waals surface area contributed by atoms with Crippen molar-refractivity contribution in [2.75, 3.05) is 7.11 Å². The molecule has 0 unspecified atom stereocenters. The van der Waals surface area contributed by atoms with Gasteiger partial charge in [-0.1, -0.05) is 67.3 Å². The maximum Gasteiger partial charge on any atom is 0.267 e. The number of ether oxygens (including phenoxy) is 1. The molecule has 0 radical (unpaired) electrons. The quantitative estimate of drug-likeness (QED) is 0.393. The van der Waals surface area contributed by atoms with E-state index in [-0.39, 0.29) is 11.9 Å². The molecule has 1 saturated heterocycles. The number of aryl methyl sites for hydroxylation is 1. The molecular formula is C28H28N2O2S. The summed E-state index contributed by atoms with van der Waals surface area (Å²) in [7, 11) is 1.67. The molecule has 3 aromatic rings. The van der Waals surface area contributed by atoms with Crippen LogP contribution in [-0.4, -0.2) is 29.1 Å². The Balaban J connectivity index is 1.59. The van der Waals surface area contributed by atoms with Crippen LogP contribution in [0, 0.1) is 6.92 Å². The largest absolute Gasteiger partial charge is 0.496 e. The highest BCUT2D eigenvalue weighted by atomic mass is 32.2. The molecule has 0 bridgehead atoms. The van der Waals surface area contributed by atoms with E-state index in [9.17, 15) is 4.79 Å². The molecule has 2 aliphatic rings. The van der Waals surface area contributed by atoms with Crippen molar-refractivity contribution in [1.29, 1.82) is 0 Å². The molecule has 2 fully saturated rings. The van der Waals surface area contributed by atoms with Crippen LogP contribution in [0.15, 0.2) is 70.6 Å². The van der Waals surface area contributed by atoms with Crippen molar-refractivity contribution in [2.24, 2.45) is 4.99 Å². The summed E-state index contributed by atoms with van der Waals surface area (Å²) in [5.74, 6) is 0.815. The van der Waals surface area contributed by atoms with Crippen molar-refractivity contribution in [3.63, 3.8) is 0 Å². The average Bonchev–Trinajstić information content (AvgIpc) is 3.15. The lowest BCUT2D eigenvalue weighted by Gasteiger charge is -2.30. The molecule has 0 aromatic heterocycles. The summed E-state index contributed by atoms with van der Waals surface area (Å²) in [5.41, 5.74) is 3.01. The number of benzene rings is 3.